The number of nitro groups is 1. The minimum atomic E-state index is -4.75. The van der Waals surface area contributed by atoms with Gasteiger partial charge in [0.15, 0.2) is 0 Å². The molecule has 1 heterocycles. The molecule has 0 saturated heterocycles. The number of alkyl halides is 3. The normalized spacial score (nSPS) is 11.3. The van der Waals surface area contributed by atoms with E-state index < -0.39 is 34.5 Å². The lowest BCUT2D eigenvalue weighted by Crippen LogP contribution is -2.15. The Labute approximate surface area is 130 Å². The molecule has 0 aliphatic heterocycles. The SMILES string of the molecule is CSc1ccc([N+](=O)[O-])c(C(=O)Nc2n[nH]c(C(F)(F)F)n2)c1. The van der Waals surface area contributed by atoms with Crippen molar-refractivity contribution in [3.63, 3.8) is 0 Å². The number of hydrogen-bond donors (Lipinski definition) is 2. The summed E-state index contributed by atoms with van der Waals surface area (Å²) in [6, 6.07) is 3.85. The molecule has 0 unspecified atom stereocenters. The topological polar surface area (TPSA) is 114 Å². The summed E-state index contributed by atoms with van der Waals surface area (Å²) < 4.78 is 37.2. The summed E-state index contributed by atoms with van der Waals surface area (Å²) in [5, 5.41) is 17.8. The van der Waals surface area contributed by atoms with Crippen LogP contribution in [0, 0.1) is 10.1 Å². The van der Waals surface area contributed by atoms with E-state index >= 15 is 0 Å². The van der Waals surface area contributed by atoms with E-state index in [2.05, 4.69) is 10.1 Å². The van der Waals surface area contributed by atoms with Crippen LogP contribution in [-0.2, 0) is 6.18 Å². The number of amides is 1. The molecule has 2 aromatic rings. The van der Waals surface area contributed by atoms with Gasteiger partial charge in [0.25, 0.3) is 11.6 Å². The highest BCUT2D eigenvalue weighted by molar-refractivity contribution is 7.98. The number of nitrogens with zero attached hydrogens (tertiary/aromatic N) is 3. The second kappa shape index (κ2) is 6.24. The highest BCUT2D eigenvalue weighted by atomic mass is 32.2. The lowest BCUT2D eigenvalue weighted by Gasteiger charge is -2.04. The molecule has 0 radical (unpaired) electrons. The smallest absolute Gasteiger partial charge is 0.289 e. The van der Waals surface area contributed by atoms with Crippen LogP contribution in [0.1, 0.15) is 16.2 Å². The van der Waals surface area contributed by atoms with Crippen LogP contribution in [0.25, 0.3) is 0 Å². The molecule has 0 fully saturated rings. The first-order valence-electron chi connectivity index (χ1n) is 5.85. The molecule has 0 saturated carbocycles. The van der Waals surface area contributed by atoms with E-state index in [1.54, 1.807) is 11.4 Å². The summed E-state index contributed by atoms with van der Waals surface area (Å²) in [5.74, 6) is -3.01. The van der Waals surface area contributed by atoms with Gasteiger partial charge in [0.1, 0.15) is 5.56 Å². The zero-order valence-electron chi connectivity index (χ0n) is 11.3. The Kier molecular flexibility index (Phi) is 4.54. The van der Waals surface area contributed by atoms with Crippen LogP contribution in [0.3, 0.4) is 0 Å². The number of carbonyl (C=O) groups is 1. The third kappa shape index (κ3) is 3.77. The molecular formula is C11H8F3N5O3S. The van der Waals surface area contributed by atoms with E-state index in [9.17, 15) is 28.1 Å². The Bertz CT molecular complexity index is 762. The number of aromatic nitrogens is 3. The fourth-order valence-electron chi connectivity index (χ4n) is 1.60. The Morgan fingerprint density at radius 1 is 1.43 bits per heavy atom. The van der Waals surface area contributed by atoms with E-state index in [1.165, 1.54) is 23.9 Å². The highest BCUT2D eigenvalue weighted by Gasteiger charge is 2.35. The zero-order chi connectivity index (χ0) is 17.2. The molecular weight excluding hydrogens is 339 g/mol. The molecule has 0 aliphatic rings. The summed E-state index contributed by atoms with van der Waals surface area (Å²) in [4.78, 5) is 25.9. The number of aromatic amines is 1. The van der Waals surface area contributed by atoms with Crippen molar-refractivity contribution < 1.29 is 22.9 Å². The molecule has 0 atom stereocenters. The standard InChI is InChI=1S/C11H8F3N5O3S/c1-23-5-2-3-7(19(21)22)6(4-5)8(20)15-10-16-9(17-18-10)11(12,13)14/h2-4H,1H3,(H2,15,16,17,18,20). The summed E-state index contributed by atoms with van der Waals surface area (Å²) in [6.45, 7) is 0. The van der Waals surface area contributed by atoms with Gasteiger partial charge in [-0.2, -0.15) is 18.2 Å². The second-order valence-corrected chi connectivity index (χ2v) is 4.98. The Morgan fingerprint density at radius 2 is 2.13 bits per heavy atom. The maximum absolute atomic E-state index is 12.4. The first kappa shape index (κ1) is 16.7. The number of thioether (sulfide) groups is 1. The predicted octanol–water partition coefficient (Wildman–Crippen LogP) is 2.71. The first-order chi connectivity index (χ1) is 10.7. The summed E-state index contributed by atoms with van der Waals surface area (Å²) in [5.41, 5.74) is -0.785. The monoisotopic (exact) mass is 347 g/mol. The molecule has 0 bridgehead atoms. The number of halogens is 3. The minimum Gasteiger partial charge on any atom is -0.289 e. The Morgan fingerprint density at radius 3 is 2.65 bits per heavy atom. The van der Waals surface area contributed by atoms with Gasteiger partial charge in [-0.05, 0) is 18.4 Å². The van der Waals surface area contributed by atoms with E-state index in [4.69, 9.17) is 0 Å². The van der Waals surface area contributed by atoms with Crippen LogP contribution < -0.4 is 5.32 Å². The molecule has 1 aromatic carbocycles. The van der Waals surface area contributed by atoms with E-state index in [1.807, 2.05) is 5.32 Å². The number of benzene rings is 1. The maximum atomic E-state index is 12.4. The van der Waals surface area contributed by atoms with E-state index in [-0.39, 0.29) is 5.56 Å². The number of anilines is 1. The quantitative estimate of drug-likeness (QED) is 0.499. The molecule has 1 amide bonds. The van der Waals surface area contributed by atoms with Gasteiger partial charge >= 0.3 is 6.18 Å². The third-order valence-electron chi connectivity index (χ3n) is 2.62. The van der Waals surface area contributed by atoms with Crippen LogP contribution >= 0.6 is 11.8 Å². The summed E-state index contributed by atoms with van der Waals surface area (Å²) in [7, 11) is 0. The van der Waals surface area contributed by atoms with Gasteiger partial charge in [0.05, 0.1) is 4.92 Å². The van der Waals surface area contributed by atoms with Crippen LogP contribution in [0.5, 0.6) is 0 Å². The lowest BCUT2D eigenvalue weighted by atomic mass is 10.1. The summed E-state index contributed by atoms with van der Waals surface area (Å²) >= 11 is 1.25. The number of carbonyl (C=O) groups excluding carboxylic acids is 1. The van der Waals surface area contributed by atoms with Crippen LogP contribution in [0.2, 0.25) is 0 Å². The molecule has 1 aromatic heterocycles. The molecule has 0 aliphatic carbocycles. The first-order valence-corrected chi connectivity index (χ1v) is 7.08. The predicted molar refractivity (Wildman–Crippen MR) is 74.2 cm³/mol. The lowest BCUT2D eigenvalue weighted by molar-refractivity contribution is -0.385. The fourth-order valence-corrected chi connectivity index (χ4v) is 2.04. The molecule has 122 valence electrons. The molecule has 23 heavy (non-hydrogen) atoms. The fraction of sp³-hybridized carbons (Fsp3) is 0.182. The molecule has 8 nitrogen and oxygen atoms in total. The van der Waals surface area contributed by atoms with Crippen molar-refractivity contribution in [3.8, 4) is 0 Å². The summed E-state index contributed by atoms with van der Waals surface area (Å²) in [6.07, 6.45) is -3.05. The average molecular weight is 347 g/mol. The Balaban J connectivity index is 2.30. The number of H-pyrrole nitrogens is 1. The number of rotatable bonds is 4. The van der Waals surface area contributed by atoms with Crippen molar-refractivity contribution >= 4 is 29.3 Å². The molecule has 2 rings (SSSR count). The second-order valence-electron chi connectivity index (χ2n) is 4.10. The van der Waals surface area contributed by atoms with Gasteiger partial charge in [-0.15, -0.1) is 16.9 Å². The number of nitro benzene ring substituents is 1. The van der Waals surface area contributed by atoms with E-state index in [0.717, 1.165) is 6.07 Å². The molecule has 12 heteroatoms. The number of hydrogen-bond acceptors (Lipinski definition) is 6. The molecule has 2 N–H and O–H groups in total. The maximum Gasteiger partial charge on any atom is 0.451 e. The highest BCUT2D eigenvalue weighted by Crippen LogP contribution is 2.27. The van der Waals surface area contributed by atoms with Gasteiger partial charge in [-0.3, -0.25) is 25.3 Å². The van der Waals surface area contributed by atoms with Crippen molar-refractivity contribution in [1.82, 2.24) is 15.2 Å². The van der Waals surface area contributed by atoms with Gasteiger partial charge in [-0.1, -0.05) is 0 Å². The zero-order valence-corrected chi connectivity index (χ0v) is 12.2. The van der Waals surface area contributed by atoms with E-state index in [0.29, 0.717) is 4.90 Å². The van der Waals surface area contributed by atoms with Crippen LogP contribution in [-0.4, -0.2) is 32.3 Å². The van der Waals surface area contributed by atoms with Crippen molar-refractivity contribution in [1.29, 1.82) is 0 Å². The van der Waals surface area contributed by atoms with Crippen LogP contribution in [0.4, 0.5) is 24.8 Å². The van der Waals surface area contributed by atoms with Crippen molar-refractivity contribution in [2.45, 2.75) is 11.1 Å². The van der Waals surface area contributed by atoms with Crippen molar-refractivity contribution in [2.24, 2.45) is 0 Å². The number of nitrogens with one attached hydrogen (secondary N) is 2. The van der Waals surface area contributed by atoms with Crippen molar-refractivity contribution in [2.75, 3.05) is 11.6 Å². The third-order valence-corrected chi connectivity index (χ3v) is 3.35. The largest absolute Gasteiger partial charge is 0.451 e. The Hall–Kier alpha value is -2.63. The van der Waals surface area contributed by atoms with Crippen LogP contribution in [0.15, 0.2) is 23.1 Å². The molecule has 0 spiro atoms. The van der Waals surface area contributed by atoms with Gasteiger partial charge in [-0.25, -0.2) is 0 Å². The van der Waals surface area contributed by atoms with Crippen molar-refractivity contribution in [3.05, 3.63) is 39.7 Å². The van der Waals surface area contributed by atoms with Gasteiger partial charge in [0.2, 0.25) is 11.8 Å². The van der Waals surface area contributed by atoms with Gasteiger partial charge in [0, 0.05) is 11.0 Å². The van der Waals surface area contributed by atoms with Gasteiger partial charge < -0.3 is 0 Å². The average Bonchev–Trinajstić information content (AvgIpc) is 2.95. The minimum absolute atomic E-state index is 0.305.